The fraction of sp³-hybridized carbons (Fsp3) is 0.641. The van der Waals surface area contributed by atoms with Crippen molar-refractivity contribution in [2.75, 3.05) is 13.7 Å². The average Bonchev–Trinajstić information content (AvgIpc) is 4.01. The smallest absolute Gasteiger partial charge is 0.411 e. The first kappa shape index (κ1) is 42.9. The number of alkyl halides is 3. The van der Waals surface area contributed by atoms with Gasteiger partial charge in [0, 0.05) is 18.4 Å². The summed E-state index contributed by atoms with van der Waals surface area (Å²) in [6.07, 6.45) is -2.91. The van der Waals surface area contributed by atoms with E-state index in [0.29, 0.717) is 62.0 Å². The first-order valence-electron chi connectivity index (χ1n) is 19.4. The van der Waals surface area contributed by atoms with Crippen LogP contribution in [0.1, 0.15) is 85.3 Å². The summed E-state index contributed by atoms with van der Waals surface area (Å²) >= 11 is 0. The summed E-state index contributed by atoms with van der Waals surface area (Å²) in [6, 6.07) is 1.65. The van der Waals surface area contributed by atoms with E-state index in [1.807, 2.05) is 6.92 Å². The number of halogens is 3. The fourth-order valence-electron chi connectivity index (χ4n) is 8.09. The maximum atomic E-state index is 15.0. The Kier molecular flexibility index (Phi) is 11.2. The van der Waals surface area contributed by atoms with Gasteiger partial charge >= 0.3 is 12.3 Å². The quantitative estimate of drug-likeness (QED) is 0.307. The van der Waals surface area contributed by atoms with E-state index < -0.39 is 85.9 Å². The number of fused-ring (bicyclic) bond motifs is 3. The molecule has 4 amide bonds. The summed E-state index contributed by atoms with van der Waals surface area (Å²) in [5.74, 6) is -4.11. The van der Waals surface area contributed by atoms with Gasteiger partial charge in [-0.2, -0.15) is 13.2 Å². The van der Waals surface area contributed by atoms with Crippen LogP contribution in [0.5, 0.6) is 11.6 Å². The number of ether oxygens (including phenoxy) is 2. The van der Waals surface area contributed by atoms with Crippen molar-refractivity contribution in [1.29, 1.82) is 0 Å². The molecule has 3 heterocycles. The lowest BCUT2D eigenvalue weighted by molar-refractivity contribution is -0.222. The minimum Gasteiger partial charge on any atom is -0.497 e. The predicted octanol–water partition coefficient (Wildman–Crippen LogP) is 4.87. The zero-order chi connectivity index (χ0) is 42.7. The monoisotopic (exact) mass is 836 g/mol. The molecular formula is C39H51F3N6O9S. The Morgan fingerprint density at radius 3 is 2.41 bits per heavy atom. The molecule has 2 aromatic rings. The van der Waals surface area contributed by atoms with E-state index in [0.717, 1.165) is 4.90 Å². The van der Waals surface area contributed by atoms with Crippen molar-refractivity contribution in [3.8, 4) is 11.6 Å². The van der Waals surface area contributed by atoms with Crippen molar-refractivity contribution in [3.05, 3.63) is 36.0 Å². The molecule has 15 nitrogen and oxygen atoms in total. The van der Waals surface area contributed by atoms with Crippen molar-refractivity contribution in [1.82, 2.24) is 29.8 Å². The van der Waals surface area contributed by atoms with Crippen molar-refractivity contribution in [2.45, 2.75) is 127 Å². The van der Waals surface area contributed by atoms with Gasteiger partial charge in [-0.15, -0.1) is 0 Å². The third-order valence-electron chi connectivity index (χ3n) is 12.3. The van der Waals surface area contributed by atoms with Gasteiger partial charge in [-0.25, -0.2) is 23.2 Å². The van der Waals surface area contributed by atoms with Crippen LogP contribution in [-0.4, -0.2) is 111 Å². The van der Waals surface area contributed by atoms with Gasteiger partial charge in [-0.3, -0.25) is 24.0 Å². The second-order valence-electron chi connectivity index (χ2n) is 17.1. The van der Waals surface area contributed by atoms with Crippen LogP contribution in [0.2, 0.25) is 0 Å². The number of sulfonamides is 1. The lowest BCUT2D eigenvalue weighted by atomic mass is 9.85. The number of amides is 4. The molecule has 6 rings (SSSR count). The van der Waals surface area contributed by atoms with E-state index >= 15 is 0 Å². The van der Waals surface area contributed by atoms with Gasteiger partial charge in [0.2, 0.25) is 27.7 Å². The Morgan fingerprint density at radius 1 is 1.10 bits per heavy atom. The summed E-state index contributed by atoms with van der Waals surface area (Å²) in [5, 5.41) is 13.2. The summed E-state index contributed by atoms with van der Waals surface area (Å²) < 4.78 is 83.1. The number of nitrogens with zero attached hydrogens (tertiary/aromatic N) is 4. The van der Waals surface area contributed by atoms with E-state index in [2.05, 4.69) is 20.0 Å². The Balaban J connectivity index is 1.42. The standard InChI is InChI=1S/C39H51F3N6O9S/c1-21-10-8-9-11-24-19-38(24,34(51)46-58(54,55)37(6)14-15-37)45-31(49)29-18-26(57-32-23(3)43-27-13-12-25(56-7)17-28(27)44-32)20-47(29)33(50)30(22(2)16-21)48(35(52)53)36(4,5)39(40,41)42/h9,11-13,17,21-22,24,26,29-30H,8,10,14-16,18-20H2,1-7H3,(H,45,49)(H,46,51)(H,52,53)/b11-9-/t21-,22+,24+,26+,29-,30-,38+/m0/s1. The number of methoxy groups -OCH3 is 1. The van der Waals surface area contributed by atoms with Crippen LogP contribution in [-0.2, 0) is 24.4 Å². The van der Waals surface area contributed by atoms with Crippen LogP contribution in [0.15, 0.2) is 30.4 Å². The molecule has 2 saturated carbocycles. The highest BCUT2D eigenvalue weighted by molar-refractivity contribution is 7.91. The lowest BCUT2D eigenvalue weighted by Gasteiger charge is -2.45. The van der Waals surface area contributed by atoms with Crippen molar-refractivity contribution in [2.24, 2.45) is 17.8 Å². The van der Waals surface area contributed by atoms with Crippen molar-refractivity contribution in [3.63, 3.8) is 0 Å². The normalized spacial score (nSPS) is 29.5. The molecule has 2 aliphatic carbocycles. The molecule has 3 N–H and O–H groups in total. The van der Waals surface area contributed by atoms with Crippen LogP contribution in [0.25, 0.3) is 11.0 Å². The van der Waals surface area contributed by atoms with Crippen molar-refractivity contribution < 1.29 is 55.3 Å². The molecule has 2 aliphatic heterocycles. The number of benzene rings is 1. The fourth-order valence-corrected chi connectivity index (χ4v) is 9.40. The van der Waals surface area contributed by atoms with Gasteiger partial charge in [0.25, 0.3) is 5.91 Å². The molecular weight excluding hydrogens is 786 g/mol. The molecule has 7 atom stereocenters. The molecule has 0 unspecified atom stereocenters. The zero-order valence-corrected chi connectivity index (χ0v) is 34.4. The van der Waals surface area contributed by atoms with Gasteiger partial charge in [0.05, 0.1) is 29.4 Å². The average molecular weight is 837 g/mol. The number of rotatable bonds is 8. The molecule has 0 bridgehead atoms. The summed E-state index contributed by atoms with van der Waals surface area (Å²) in [4.78, 5) is 66.6. The number of aromatic nitrogens is 2. The second kappa shape index (κ2) is 15.2. The van der Waals surface area contributed by atoms with Gasteiger partial charge in [0.1, 0.15) is 40.7 Å². The maximum absolute atomic E-state index is 15.0. The molecule has 1 saturated heterocycles. The third kappa shape index (κ3) is 8.02. The zero-order valence-electron chi connectivity index (χ0n) is 33.6. The number of aryl methyl sites for hydroxylation is 1. The first-order chi connectivity index (χ1) is 26.9. The molecule has 1 aromatic carbocycles. The third-order valence-corrected chi connectivity index (χ3v) is 14.4. The highest BCUT2D eigenvalue weighted by atomic mass is 32.2. The Labute approximate surface area is 335 Å². The minimum atomic E-state index is -5.10. The highest BCUT2D eigenvalue weighted by Crippen LogP contribution is 2.48. The van der Waals surface area contributed by atoms with Crippen molar-refractivity contribution >= 4 is 44.9 Å². The number of hydrogen-bond donors (Lipinski definition) is 3. The first-order valence-corrected chi connectivity index (χ1v) is 20.9. The van der Waals surface area contributed by atoms with Crippen LogP contribution >= 0.6 is 0 Å². The van der Waals surface area contributed by atoms with E-state index in [1.165, 1.54) is 21.0 Å². The summed E-state index contributed by atoms with van der Waals surface area (Å²) in [5.41, 5.74) is -3.46. The minimum absolute atomic E-state index is 0.0466. The molecule has 4 aliphatic rings. The second-order valence-corrected chi connectivity index (χ2v) is 19.3. The van der Waals surface area contributed by atoms with Crippen LogP contribution < -0.4 is 19.5 Å². The molecule has 0 radical (unpaired) electrons. The number of carbonyl (C=O) groups is 4. The van der Waals surface area contributed by atoms with Gasteiger partial charge in [0.15, 0.2) is 0 Å². The van der Waals surface area contributed by atoms with E-state index in [1.54, 1.807) is 37.3 Å². The number of carboxylic acid groups (broad SMARTS) is 1. The molecule has 3 fully saturated rings. The molecule has 0 spiro atoms. The summed E-state index contributed by atoms with van der Waals surface area (Å²) in [7, 11) is -2.64. The summed E-state index contributed by atoms with van der Waals surface area (Å²) in [6.45, 7) is 7.52. The molecule has 318 valence electrons. The lowest BCUT2D eigenvalue weighted by Crippen LogP contribution is -2.66. The Hall–Kier alpha value is -4.68. The van der Waals surface area contributed by atoms with E-state index in [9.17, 15) is 45.9 Å². The molecule has 58 heavy (non-hydrogen) atoms. The highest BCUT2D eigenvalue weighted by Gasteiger charge is 2.64. The topological polar surface area (TPSA) is 197 Å². The largest absolute Gasteiger partial charge is 0.497 e. The number of carbonyl (C=O) groups excluding carboxylic acids is 3. The van der Waals surface area contributed by atoms with Crippen LogP contribution in [0.4, 0.5) is 18.0 Å². The predicted molar refractivity (Wildman–Crippen MR) is 204 cm³/mol. The maximum Gasteiger partial charge on any atom is 0.411 e. The molecule has 19 heteroatoms. The van der Waals surface area contributed by atoms with Gasteiger partial charge in [-0.1, -0.05) is 26.0 Å². The van der Waals surface area contributed by atoms with Gasteiger partial charge < -0.3 is 24.8 Å². The Morgan fingerprint density at radius 2 is 1.79 bits per heavy atom. The van der Waals surface area contributed by atoms with E-state index in [4.69, 9.17) is 9.47 Å². The number of hydrogen-bond acceptors (Lipinski definition) is 10. The SMILES string of the molecule is COc1ccc2nc(C)c(O[C@@H]3C[C@H]4C(=O)N[C@]5(C(=O)NS(=O)(=O)C6(C)CC6)C[C@H]5/C=C\CC[C@H](C)C[C@@H](C)[C@H](N(C(=O)O)C(C)(C)C(F)(F)F)C(=O)N4C3)nc2c1. The van der Waals surface area contributed by atoms with Crippen LogP contribution in [0, 0.1) is 24.7 Å². The number of nitrogens with one attached hydrogen (secondary N) is 2. The Bertz CT molecular complexity index is 2130. The van der Waals surface area contributed by atoms with Gasteiger partial charge in [-0.05, 0) is 90.2 Å². The molecule has 1 aromatic heterocycles. The van der Waals surface area contributed by atoms with Crippen LogP contribution in [0.3, 0.4) is 0 Å². The van der Waals surface area contributed by atoms with E-state index in [-0.39, 0.29) is 42.5 Å². The number of allylic oxidation sites excluding steroid dienone is 1.